The molecule has 4 saturated heterocycles. The molecule has 7 heteroatoms. The van der Waals surface area contributed by atoms with E-state index in [9.17, 15) is 8.42 Å². The van der Waals surface area contributed by atoms with Crippen LogP contribution in [0.2, 0.25) is 0 Å². The molecule has 0 aliphatic carbocycles. The monoisotopic (exact) mass is 295 g/mol. The van der Waals surface area contributed by atoms with Crippen LogP contribution in [0.5, 0.6) is 0 Å². The first-order valence-electron chi connectivity index (χ1n) is 6.23. The number of ether oxygens (including phenoxy) is 1. The highest BCUT2D eigenvalue weighted by atomic mass is 32.2. The first-order valence-corrected chi connectivity index (χ1v) is 9.12. The van der Waals surface area contributed by atoms with Crippen LogP contribution in [0.1, 0.15) is 19.8 Å². The van der Waals surface area contributed by atoms with Gasteiger partial charge in [0.25, 0.3) is 10.1 Å². The maximum Gasteiger partial charge on any atom is 0.261 e. The third-order valence-electron chi connectivity index (χ3n) is 3.79. The third kappa shape index (κ3) is 3.60. The average Bonchev–Trinajstić information content (AvgIpc) is 2.59. The molecule has 0 saturated carbocycles. The van der Waals surface area contributed by atoms with Gasteiger partial charge in [0.05, 0.1) is 11.9 Å². The van der Waals surface area contributed by atoms with Crippen LogP contribution in [0.3, 0.4) is 0 Å². The number of hydrogen-bond donors (Lipinski definition) is 1. The van der Waals surface area contributed by atoms with E-state index in [1.165, 1.54) is 38.2 Å². The molecule has 2 bridgehead atoms. The highest BCUT2D eigenvalue weighted by molar-refractivity contribution is 8.00. The molecule has 0 aromatic heterocycles. The Bertz CT molecular complexity index is 384. The largest absolute Gasteiger partial charge is 0.359 e. The summed E-state index contributed by atoms with van der Waals surface area (Å²) in [6.07, 6.45) is 3.45. The van der Waals surface area contributed by atoms with E-state index in [1.807, 2.05) is 11.8 Å². The summed E-state index contributed by atoms with van der Waals surface area (Å²) in [7, 11) is -3.67. The summed E-state index contributed by atoms with van der Waals surface area (Å²) in [5.74, 6) is 2.09. The van der Waals surface area contributed by atoms with Gasteiger partial charge in [-0.15, -0.1) is 11.8 Å². The number of fused-ring (bicyclic) bond motifs is 2. The molecule has 0 unspecified atom stereocenters. The molecule has 4 heterocycles. The molecule has 18 heavy (non-hydrogen) atoms. The summed E-state index contributed by atoms with van der Waals surface area (Å²) < 4.78 is 32.0. The van der Waals surface area contributed by atoms with Crippen molar-refractivity contribution in [2.75, 3.05) is 31.6 Å². The van der Waals surface area contributed by atoms with Gasteiger partial charge in [0.15, 0.2) is 0 Å². The van der Waals surface area contributed by atoms with Crippen LogP contribution >= 0.6 is 11.8 Å². The molecule has 4 rings (SSSR count). The first kappa shape index (κ1) is 14.6. The molecule has 0 aromatic rings. The molecule has 4 fully saturated rings. The van der Waals surface area contributed by atoms with Crippen molar-refractivity contribution in [2.45, 2.75) is 30.8 Å². The number of hydrogen-bond acceptors (Lipinski definition) is 5. The normalized spacial score (nSPS) is 42.7. The second kappa shape index (κ2) is 5.28. The zero-order chi connectivity index (χ0) is 13.4. The Morgan fingerprint density at radius 2 is 1.94 bits per heavy atom. The molecule has 0 amide bonds. The van der Waals surface area contributed by atoms with Crippen molar-refractivity contribution >= 4 is 21.9 Å². The van der Waals surface area contributed by atoms with Gasteiger partial charge >= 0.3 is 0 Å². The lowest BCUT2D eigenvalue weighted by atomic mass is 9.76. The SMILES string of the molecule is CS(=O)(=O)O.C[C@H]1O[C@]2(CS1)CN1CCC2CC1. The molecule has 2 atom stereocenters. The van der Waals surface area contributed by atoms with Crippen LogP contribution in [-0.4, -0.2) is 60.6 Å². The Morgan fingerprint density at radius 1 is 1.39 bits per heavy atom. The Hall–Kier alpha value is 0.180. The van der Waals surface area contributed by atoms with E-state index < -0.39 is 10.1 Å². The minimum atomic E-state index is -3.67. The predicted molar refractivity (Wildman–Crippen MR) is 72.4 cm³/mol. The fourth-order valence-electron chi connectivity index (χ4n) is 3.08. The Labute approximate surface area is 113 Å². The molecule has 5 nitrogen and oxygen atoms in total. The summed E-state index contributed by atoms with van der Waals surface area (Å²) in [5.41, 5.74) is 0.682. The van der Waals surface area contributed by atoms with Crippen LogP contribution in [-0.2, 0) is 14.9 Å². The highest BCUT2D eigenvalue weighted by Crippen LogP contribution is 2.46. The Kier molecular flexibility index (Phi) is 4.28. The van der Waals surface area contributed by atoms with Crippen molar-refractivity contribution in [2.24, 2.45) is 5.92 Å². The van der Waals surface area contributed by atoms with E-state index in [0.717, 1.165) is 5.92 Å². The summed E-state index contributed by atoms with van der Waals surface area (Å²) in [6, 6.07) is 0. The van der Waals surface area contributed by atoms with Crippen LogP contribution in [0.4, 0.5) is 0 Å². The minimum absolute atomic E-state index is 0.251. The third-order valence-corrected chi connectivity index (χ3v) is 5.01. The second-order valence-corrected chi connectivity index (χ2v) is 8.10. The van der Waals surface area contributed by atoms with E-state index in [-0.39, 0.29) is 5.60 Å². The predicted octanol–water partition coefficient (Wildman–Crippen LogP) is 1.06. The van der Waals surface area contributed by atoms with Gasteiger partial charge in [-0.2, -0.15) is 8.42 Å². The van der Waals surface area contributed by atoms with Crippen molar-refractivity contribution in [3.8, 4) is 0 Å². The van der Waals surface area contributed by atoms with Crippen molar-refractivity contribution in [1.82, 2.24) is 4.90 Å². The lowest BCUT2D eigenvalue weighted by Gasteiger charge is -2.50. The van der Waals surface area contributed by atoms with Crippen molar-refractivity contribution in [3.05, 3.63) is 0 Å². The van der Waals surface area contributed by atoms with E-state index in [0.29, 0.717) is 11.7 Å². The molecular formula is C11H21NO4S2. The summed E-state index contributed by atoms with van der Waals surface area (Å²) in [4.78, 5) is 2.58. The molecule has 4 aliphatic rings. The zero-order valence-corrected chi connectivity index (χ0v) is 12.5. The summed E-state index contributed by atoms with van der Waals surface area (Å²) in [5, 5.41) is 0. The second-order valence-electron chi connectivity index (χ2n) is 5.34. The van der Waals surface area contributed by atoms with Crippen molar-refractivity contribution in [3.63, 3.8) is 0 Å². The van der Waals surface area contributed by atoms with Gasteiger partial charge < -0.3 is 9.64 Å². The summed E-state index contributed by atoms with van der Waals surface area (Å²) >= 11 is 1.99. The number of thioether (sulfide) groups is 1. The van der Waals surface area contributed by atoms with Gasteiger partial charge in [0, 0.05) is 12.3 Å². The number of rotatable bonds is 0. The van der Waals surface area contributed by atoms with Gasteiger partial charge in [0.1, 0.15) is 5.44 Å². The van der Waals surface area contributed by atoms with Gasteiger partial charge in [-0.3, -0.25) is 4.55 Å². The van der Waals surface area contributed by atoms with E-state index >= 15 is 0 Å². The van der Waals surface area contributed by atoms with Gasteiger partial charge in [-0.1, -0.05) is 0 Å². The minimum Gasteiger partial charge on any atom is -0.359 e. The van der Waals surface area contributed by atoms with Crippen LogP contribution in [0, 0.1) is 5.92 Å². The quantitative estimate of drug-likeness (QED) is 0.674. The topological polar surface area (TPSA) is 66.8 Å². The van der Waals surface area contributed by atoms with Gasteiger partial charge in [0.2, 0.25) is 0 Å². The molecular weight excluding hydrogens is 274 g/mol. The van der Waals surface area contributed by atoms with Crippen molar-refractivity contribution < 1.29 is 17.7 Å². The molecule has 1 spiro atoms. The lowest BCUT2D eigenvalue weighted by molar-refractivity contribution is -0.133. The Balaban J connectivity index is 0.000000209. The van der Waals surface area contributed by atoms with Crippen LogP contribution < -0.4 is 0 Å². The Morgan fingerprint density at radius 3 is 2.28 bits per heavy atom. The van der Waals surface area contributed by atoms with E-state index in [1.54, 1.807) is 0 Å². The lowest BCUT2D eigenvalue weighted by Crippen LogP contribution is -2.60. The van der Waals surface area contributed by atoms with Crippen LogP contribution in [0.15, 0.2) is 0 Å². The number of nitrogens with zero attached hydrogens (tertiary/aromatic N) is 1. The maximum atomic E-state index is 9.19. The molecule has 1 N–H and O–H groups in total. The zero-order valence-electron chi connectivity index (χ0n) is 10.8. The van der Waals surface area contributed by atoms with Gasteiger partial charge in [-0.25, -0.2) is 0 Å². The fraction of sp³-hybridized carbons (Fsp3) is 1.00. The fourth-order valence-corrected chi connectivity index (χ4v) is 4.25. The summed E-state index contributed by atoms with van der Waals surface area (Å²) in [6.45, 7) is 6.02. The maximum absolute atomic E-state index is 9.19. The smallest absolute Gasteiger partial charge is 0.261 e. The molecule has 4 aliphatic heterocycles. The first-order chi connectivity index (χ1) is 8.28. The molecule has 0 radical (unpaired) electrons. The van der Waals surface area contributed by atoms with Crippen LogP contribution in [0.25, 0.3) is 0 Å². The standard InChI is InChI=1S/C10H17NOS.CH4O3S/c1-8-12-10(7-13-8)6-11-4-2-9(10)3-5-11;1-5(2,3)4/h8-9H,2-7H2,1H3;1H3,(H,2,3,4)/t8-,10-;/m0./s1. The van der Waals surface area contributed by atoms with Gasteiger partial charge in [-0.05, 0) is 38.8 Å². The number of piperidine rings is 3. The van der Waals surface area contributed by atoms with Crippen molar-refractivity contribution in [1.29, 1.82) is 0 Å². The molecule has 0 aromatic carbocycles. The van der Waals surface area contributed by atoms with E-state index in [2.05, 4.69) is 11.8 Å². The highest BCUT2D eigenvalue weighted by Gasteiger charge is 2.51. The van der Waals surface area contributed by atoms with E-state index in [4.69, 9.17) is 9.29 Å². The average molecular weight is 295 g/mol. The molecule has 106 valence electrons.